The number of nitrogens with zero attached hydrogens (tertiary/aromatic N) is 2. The summed E-state index contributed by atoms with van der Waals surface area (Å²) in [6, 6.07) is 9.09. The zero-order valence-electron chi connectivity index (χ0n) is 12.9. The Hall–Kier alpha value is -3.16. The van der Waals surface area contributed by atoms with E-state index in [2.05, 4.69) is 20.6 Å². The second-order valence-electron chi connectivity index (χ2n) is 5.19. The van der Waals surface area contributed by atoms with E-state index in [4.69, 9.17) is 0 Å². The third-order valence-electron chi connectivity index (χ3n) is 3.50. The zero-order valence-corrected chi connectivity index (χ0v) is 12.9. The lowest BCUT2D eigenvalue weighted by molar-refractivity contribution is -0.116. The lowest BCUT2D eigenvalue weighted by Crippen LogP contribution is -2.18. The number of carbonyl (C=O) groups excluding carboxylic acids is 1. The molecule has 1 heterocycles. The predicted molar refractivity (Wildman–Crippen MR) is 87.6 cm³/mol. The van der Waals surface area contributed by atoms with Gasteiger partial charge in [0.15, 0.2) is 17.5 Å². The molecule has 0 unspecified atom stereocenters. The van der Waals surface area contributed by atoms with Gasteiger partial charge in [-0.3, -0.25) is 4.79 Å². The van der Waals surface area contributed by atoms with Gasteiger partial charge in [-0.1, -0.05) is 12.1 Å². The lowest BCUT2D eigenvalue weighted by atomic mass is 10.2. The fourth-order valence-electron chi connectivity index (χ4n) is 2.28. The maximum absolute atomic E-state index is 13.5. The fourth-order valence-corrected chi connectivity index (χ4v) is 2.28. The normalized spacial score (nSPS) is 10.7. The number of hydrogen-bond acceptors (Lipinski definition) is 4. The van der Waals surface area contributed by atoms with E-state index >= 15 is 0 Å². The van der Waals surface area contributed by atoms with Gasteiger partial charge in [-0.25, -0.2) is 23.1 Å². The highest BCUT2D eigenvalue weighted by Gasteiger charge is 2.15. The van der Waals surface area contributed by atoms with Crippen LogP contribution in [0.4, 0.5) is 24.7 Å². The molecule has 8 heteroatoms. The maximum Gasteiger partial charge on any atom is 0.226 e. The molecule has 5 nitrogen and oxygen atoms in total. The molecular weight excluding hydrogens is 333 g/mol. The molecule has 0 saturated heterocycles. The topological polar surface area (TPSA) is 66.9 Å². The Kier molecular flexibility index (Phi) is 4.78. The van der Waals surface area contributed by atoms with Crippen LogP contribution in [0.25, 0.3) is 10.9 Å². The van der Waals surface area contributed by atoms with Crippen molar-refractivity contribution in [2.75, 3.05) is 17.2 Å². The highest BCUT2D eigenvalue weighted by molar-refractivity contribution is 5.92. The van der Waals surface area contributed by atoms with Gasteiger partial charge in [0.25, 0.3) is 0 Å². The minimum absolute atomic E-state index is 0.0171. The first-order valence-corrected chi connectivity index (χ1v) is 7.43. The van der Waals surface area contributed by atoms with Crippen LogP contribution < -0.4 is 10.6 Å². The second-order valence-corrected chi connectivity index (χ2v) is 5.19. The summed E-state index contributed by atoms with van der Waals surface area (Å²) in [5.74, 6) is -4.34. The van der Waals surface area contributed by atoms with Crippen molar-refractivity contribution in [3.8, 4) is 0 Å². The SMILES string of the molecule is O=C(CCNc1ncnc2ccccc12)Nc1ccc(F)c(F)c1F. The second kappa shape index (κ2) is 7.16. The zero-order chi connectivity index (χ0) is 17.8. The summed E-state index contributed by atoms with van der Waals surface area (Å²) in [6.07, 6.45) is 1.39. The van der Waals surface area contributed by atoms with Crippen molar-refractivity contribution in [2.24, 2.45) is 0 Å². The molecule has 0 bridgehead atoms. The van der Waals surface area contributed by atoms with Crippen molar-refractivity contribution in [1.82, 2.24) is 9.97 Å². The van der Waals surface area contributed by atoms with Gasteiger partial charge in [0, 0.05) is 18.4 Å². The number of fused-ring (bicyclic) bond motifs is 1. The molecule has 0 fully saturated rings. The minimum Gasteiger partial charge on any atom is -0.369 e. The van der Waals surface area contributed by atoms with Crippen LogP contribution in [-0.4, -0.2) is 22.4 Å². The van der Waals surface area contributed by atoms with Gasteiger partial charge >= 0.3 is 0 Å². The Balaban J connectivity index is 1.60. The number of hydrogen-bond donors (Lipinski definition) is 2. The summed E-state index contributed by atoms with van der Waals surface area (Å²) in [5.41, 5.74) is 0.352. The maximum atomic E-state index is 13.5. The van der Waals surface area contributed by atoms with Crippen LogP contribution in [0.15, 0.2) is 42.7 Å². The molecule has 0 saturated carbocycles. The molecule has 0 aliphatic heterocycles. The van der Waals surface area contributed by atoms with Gasteiger partial charge in [0.05, 0.1) is 11.2 Å². The van der Waals surface area contributed by atoms with Crippen molar-refractivity contribution in [3.05, 3.63) is 60.2 Å². The summed E-state index contributed by atoms with van der Waals surface area (Å²) in [6.45, 7) is 0.220. The molecule has 0 radical (unpaired) electrons. The van der Waals surface area contributed by atoms with Gasteiger partial charge in [0.2, 0.25) is 5.91 Å². The van der Waals surface area contributed by atoms with E-state index in [1.165, 1.54) is 6.33 Å². The summed E-state index contributed by atoms with van der Waals surface area (Å²) in [4.78, 5) is 20.1. The molecule has 25 heavy (non-hydrogen) atoms. The lowest BCUT2D eigenvalue weighted by Gasteiger charge is -2.09. The molecule has 0 aliphatic carbocycles. The largest absolute Gasteiger partial charge is 0.369 e. The van der Waals surface area contributed by atoms with Gasteiger partial charge in [-0.15, -0.1) is 0 Å². The number of amides is 1. The standard InChI is InChI=1S/C17H13F3N4O/c18-11-5-6-13(16(20)15(11)19)24-14(25)7-8-21-17-10-3-1-2-4-12(10)22-9-23-17/h1-6,9H,7-8H2,(H,24,25)(H,21,22,23). The molecule has 0 spiro atoms. The first-order valence-electron chi connectivity index (χ1n) is 7.43. The molecule has 1 amide bonds. The number of para-hydroxylation sites is 1. The fraction of sp³-hybridized carbons (Fsp3) is 0.118. The summed E-state index contributed by atoms with van der Waals surface area (Å²) < 4.78 is 39.5. The van der Waals surface area contributed by atoms with Gasteiger partial charge in [-0.05, 0) is 24.3 Å². The Morgan fingerprint density at radius 2 is 1.80 bits per heavy atom. The number of halogens is 3. The first-order chi connectivity index (χ1) is 12.1. The van der Waals surface area contributed by atoms with E-state index in [0.29, 0.717) is 5.82 Å². The number of anilines is 2. The molecule has 2 aromatic carbocycles. The predicted octanol–water partition coefficient (Wildman–Crippen LogP) is 3.49. The van der Waals surface area contributed by atoms with Crippen molar-refractivity contribution in [2.45, 2.75) is 6.42 Å². The molecular formula is C17H13F3N4O. The quantitative estimate of drug-likeness (QED) is 0.694. The van der Waals surface area contributed by atoms with Crippen LogP contribution in [0.1, 0.15) is 6.42 Å². The van der Waals surface area contributed by atoms with Crippen molar-refractivity contribution in [3.63, 3.8) is 0 Å². The molecule has 1 aromatic heterocycles. The average Bonchev–Trinajstić information content (AvgIpc) is 2.62. The van der Waals surface area contributed by atoms with Crippen molar-refractivity contribution in [1.29, 1.82) is 0 Å². The van der Waals surface area contributed by atoms with E-state index in [9.17, 15) is 18.0 Å². The Bertz CT molecular complexity index is 928. The monoisotopic (exact) mass is 346 g/mol. The molecule has 2 N–H and O–H groups in total. The van der Waals surface area contributed by atoms with E-state index < -0.39 is 29.0 Å². The van der Waals surface area contributed by atoms with Gasteiger partial charge < -0.3 is 10.6 Å². The van der Waals surface area contributed by atoms with Crippen LogP contribution in [0.5, 0.6) is 0 Å². The number of rotatable bonds is 5. The third kappa shape index (κ3) is 3.68. The molecule has 3 aromatic rings. The Labute approximate surface area is 140 Å². The van der Waals surface area contributed by atoms with Crippen LogP contribution in [-0.2, 0) is 4.79 Å². The molecule has 0 aliphatic rings. The highest BCUT2D eigenvalue weighted by atomic mass is 19.2. The van der Waals surface area contributed by atoms with E-state index in [1.54, 1.807) is 0 Å². The van der Waals surface area contributed by atoms with E-state index in [1.807, 2.05) is 24.3 Å². The van der Waals surface area contributed by atoms with Crippen LogP contribution >= 0.6 is 0 Å². The number of nitrogens with one attached hydrogen (secondary N) is 2. The summed E-state index contributed by atoms with van der Waals surface area (Å²) >= 11 is 0. The van der Waals surface area contributed by atoms with Crippen molar-refractivity contribution < 1.29 is 18.0 Å². The van der Waals surface area contributed by atoms with Crippen LogP contribution in [0.2, 0.25) is 0 Å². The number of aromatic nitrogens is 2. The number of carbonyl (C=O) groups is 1. The third-order valence-corrected chi connectivity index (χ3v) is 3.50. The summed E-state index contributed by atoms with van der Waals surface area (Å²) in [7, 11) is 0. The Morgan fingerprint density at radius 3 is 2.64 bits per heavy atom. The summed E-state index contributed by atoms with van der Waals surface area (Å²) in [5, 5.41) is 6.01. The molecule has 128 valence electrons. The molecule has 3 rings (SSSR count). The average molecular weight is 346 g/mol. The number of benzene rings is 2. The van der Waals surface area contributed by atoms with Gasteiger partial charge in [0.1, 0.15) is 12.1 Å². The Morgan fingerprint density at radius 1 is 1.00 bits per heavy atom. The molecule has 0 atom stereocenters. The first kappa shape index (κ1) is 16.7. The van der Waals surface area contributed by atoms with Crippen LogP contribution in [0.3, 0.4) is 0 Å². The smallest absolute Gasteiger partial charge is 0.226 e. The van der Waals surface area contributed by atoms with Crippen molar-refractivity contribution >= 4 is 28.3 Å². The van der Waals surface area contributed by atoms with E-state index in [0.717, 1.165) is 23.0 Å². The minimum atomic E-state index is -1.62. The van der Waals surface area contributed by atoms with Crippen LogP contribution in [0, 0.1) is 17.5 Å². The highest BCUT2D eigenvalue weighted by Crippen LogP contribution is 2.20. The van der Waals surface area contributed by atoms with E-state index in [-0.39, 0.29) is 13.0 Å². The van der Waals surface area contributed by atoms with Gasteiger partial charge in [-0.2, -0.15) is 0 Å².